The maximum Gasteiger partial charge on any atom is 0.231 e. The molecule has 1 atom stereocenters. The number of nitriles is 1. The zero-order valence-electron chi connectivity index (χ0n) is 18.1. The molecule has 5 aliphatic rings. The van der Waals surface area contributed by atoms with Crippen molar-refractivity contribution >= 4 is 22.2 Å². The fourth-order valence-electron chi connectivity index (χ4n) is 7.37. The average Bonchev–Trinajstić information content (AvgIpc) is 3.03. The SMILES string of the molecule is CCC(C)(C)[C@@H]1CCc2c(sc(NC(=O)C34CC5CC(CC(C5)C3)C4)c2C#N)C1. The summed E-state index contributed by atoms with van der Waals surface area (Å²) < 4.78 is 0. The van der Waals surface area contributed by atoms with E-state index in [0.29, 0.717) is 11.3 Å². The van der Waals surface area contributed by atoms with E-state index in [-0.39, 0.29) is 11.3 Å². The van der Waals surface area contributed by atoms with Crippen LogP contribution < -0.4 is 5.32 Å². The smallest absolute Gasteiger partial charge is 0.231 e. The molecule has 0 aromatic carbocycles. The summed E-state index contributed by atoms with van der Waals surface area (Å²) >= 11 is 1.69. The van der Waals surface area contributed by atoms with Crippen LogP contribution in [-0.4, -0.2) is 5.91 Å². The highest BCUT2D eigenvalue weighted by Crippen LogP contribution is 2.60. The molecule has 1 N–H and O–H groups in total. The lowest BCUT2D eigenvalue weighted by molar-refractivity contribution is -0.140. The molecule has 4 bridgehead atoms. The Bertz CT molecular complexity index is 839. The van der Waals surface area contributed by atoms with Crippen molar-refractivity contribution < 1.29 is 4.79 Å². The molecule has 1 aromatic heterocycles. The number of amides is 1. The van der Waals surface area contributed by atoms with Gasteiger partial charge in [0.15, 0.2) is 0 Å². The maximum absolute atomic E-state index is 13.5. The maximum atomic E-state index is 13.5. The van der Waals surface area contributed by atoms with E-state index in [1.54, 1.807) is 11.3 Å². The van der Waals surface area contributed by atoms with Crippen molar-refractivity contribution in [2.24, 2.45) is 34.5 Å². The summed E-state index contributed by atoms with van der Waals surface area (Å²) in [6.45, 7) is 7.02. The lowest BCUT2D eigenvalue weighted by Gasteiger charge is -2.55. The third-order valence-electron chi connectivity index (χ3n) is 9.14. The first kappa shape index (κ1) is 19.6. The molecule has 3 nitrogen and oxygen atoms in total. The lowest BCUT2D eigenvalue weighted by atomic mass is 9.49. The molecular formula is C25H34N2OS. The van der Waals surface area contributed by atoms with Gasteiger partial charge in [-0.1, -0.05) is 27.2 Å². The van der Waals surface area contributed by atoms with E-state index in [4.69, 9.17) is 0 Å². The Morgan fingerprint density at radius 3 is 2.38 bits per heavy atom. The molecule has 4 saturated carbocycles. The number of carbonyl (C=O) groups excluding carboxylic acids is 1. The highest BCUT2D eigenvalue weighted by molar-refractivity contribution is 7.16. The Morgan fingerprint density at radius 2 is 1.83 bits per heavy atom. The van der Waals surface area contributed by atoms with E-state index in [9.17, 15) is 10.1 Å². The fourth-order valence-corrected chi connectivity index (χ4v) is 8.65. The molecule has 1 amide bonds. The summed E-state index contributed by atoms with van der Waals surface area (Å²) in [4.78, 5) is 14.9. The molecule has 0 spiro atoms. The molecule has 0 saturated heterocycles. The normalized spacial score (nSPS) is 35.2. The summed E-state index contributed by atoms with van der Waals surface area (Å²) in [7, 11) is 0. The predicted molar refractivity (Wildman–Crippen MR) is 118 cm³/mol. The molecule has 1 aromatic rings. The van der Waals surface area contributed by atoms with Crippen LogP contribution in [0.1, 0.15) is 88.1 Å². The van der Waals surface area contributed by atoms with Gasteiger partial charge in [0, 0.05) is 4.88 Å². The number of nitrogens with zero attached hydrogens (tertiary/aromatic N) is 1. The van der Waals surface area contributed by atoms with Gasteiger partial charge in [0.2, 0.25) is 5.91 Å². The molecule has 4 heteroatoms. The van der Waals surface area contributed by atoms with Gasteiger partial charge < -0.3 is 5.32 Å². The minimum absolute atomic E-state index is 0.154. The Labute approximate surface area is 179 Å². The number of carbonyl (C=O) groups is 1. The Hall–Kier alpha value is -1.34. The van der Waals surface area contributed by atoms with Gasteiger partial charge in [-0.15, -0.1) is 11.3 Å². The van der Waals surface area contributed by atoms with Gasteiger partial charge in [-0.25, -0.2) is 0 Å². The van der Waals surface area contributed by atoms with Crippen molar-refractivity contribution in [1.29, 1.82) is 5.26 Å². The van der Waals surface area contributed by atoms with Crippen LogP contribution in [0.3, 0.4) is 0 Å². The van der Waals surface area contributed by atoms with Crippen molar-refractivity contribution in [3.8, 4) is 6.07 Å². The van der Waals surface area contributed by atoms with Crippen LogP contribution in [-0.2, 0) is 17.6 Å². The summed E-state index contributed by atoms with van der Waals surface area (Å²) in [6, 6.07) is 2.45. The van der Waals surface area contributed by atoms with Crippen LogP contribution >= 0.6 is 11.3 Å². The molecule has 4 fully saturated rings. The molecule has 0 aliphatic heterocycles. The van der Waals surface area contributed by atoms with Crippen molar-refractivity contribution in [3.05, 3.63) is 16.0 Å². The minimum atomic E-state index is -0.154. The largest absolute Gasteiger partial charge is 0.316 e. The Morgan fingerprint density at radius 1 is 1.21 bits per heavy atom. The van der Waals surface area contributed by atoms with Crippen molar-refractivity contribution in [2.45, 2.75) is 85.0 Å². The first-order valence-corrected chi connectivity index (χ1v) is 12.5. The number of fused-ring (bicyclic) bond motifs is 1. The van der Waals surface area contributed by atoms with Gasteiger partial charge in [-0.05, 0) is 92.4 Å². The van der Waals surface area contributed by atoms with E-state index in [2.05, 4.69) is 32.2 Å². The molecule has 6 rings (SSSR count). The van der Waals surface area contributed by atoms with Crippen LogP contribution in [0.15, 0.2) is 0 Å². The minimum Gasteiger partial charge on any atom is -0.316 e. The molecule has 0 unspecified atom stereocenters. The molecule has 5 aliphatic carbocycles. The van der Waals surface area contributed by atoms with E-state index in [1.165, 1.54) is 36.1 Å². The second-order valence-electron chi connectivity index (χ2n) is 11.3. The molecule has 29 heavy (non-hydrogen) atoms. The van der Waals surface area contributed by atoms with Gasteiger partial charge in [0.05, 0.1) is 11.0 Å². The Balaban J connectivity index is 1.39. The Kier molecular flexibility index (Phi) is 4.63. The number of hydrogen-bond donors (Lipinski definition) is 1. The zero-order valence-corrected chi connectivity index (χ0v) is 19.0. The topological polar surface area (TPSA) is 52.9 Å². The van der Waals surface area contributed by atoms with Gasteiger partial charge in [0.25, 0.3) is 0 Å². The number of nitrogens with one attached hydrogen (secondary N) is 1. The monoisotopic (exact) mass is 410 g/mol. The average molecular weight is 411 g/mol. The van der Waals surface area contributed by atoms with Crippen LogP contribution in [0.2, 0.25) is 0 Å². The highest BCUT2D eigenvalue weighted by Gasteiger charge is 2.54. The first-order valence-electron chi connectivity index (χ1n) is 11.7. The zero-order chi connectivity index (χ0) is 20.4. The highest BCUT2D eigenvalue weighted by atomic mass is 32.1. The molecule has 1 heterocycles. The van der Waals surface area contributed by atoms with Gasteiger partial charge >= 0.3 is 0 Å². The lowest BCUT2D eigenvalue weighted by Crippen LogP contribution is -2.51. The standard InChI is InChI=1S/C25H34N2OS/c1-4-24(2,3)18-5-6-19-20(14-26)22(29-21(19)10-18)27-23(28)25-11-15-7-16(12-25)9-17(8-15)13-25/h15-18H,4-13H2,1-3H3,(H,27,28)/t15?,16?,17?,18-,25?/m1/s1. The molecule has 0 radical (unpaired) electrons. The van der Waals surface area contributed by atoms with Gasteiger partial charge in [-0.2, -0.15) is 5.26 Å². The summed E-state index contributed by atoms with van der Waals surface area (Å²) in [5, 5.41) is 14.0. The number of thiophene rings is 1. The molecular weight excluding hydrogens is 376 g/mol. The molecule has 156 valence electrons. The van der Waals surface area contributed by atoms with Gasteiger partial charge in [0.1, 0.15) is 11.1 Å². The summed E-state index contributed by atoms with van der Waals surface area (Å²) in [5.74, 6) is 3.16. The van der Waals surface area contributed by atoms with Crippen LogP contribution in [0.5, 0.6) is 0 Å². The second kappa shape index (κ2) is 6.84. The van der Waals surface area contributed by atoms with Crippen molar-refractivity contribution in [3.63, 3.8) is 0 Å². The quantitative estimate of drug-likeness (QED) is 0.632. The number of anilines is 1. The van der Waals surface area contributed by atoms with E-state index >= 15 is 0 Å². The van der Waals surface area contributed by atoms with E-state index < -0.39 is 0 Å². The number of hydrogen-bond acceptors (Lipinski definition) is 3. The summed E-state index contributed by atoms with van der Waals surface area (Å²) in [6.07, 6.45) is 11.6. The third kappa shape index (κ3) is 3.16. The number of rotatable bonds is 4. The van der Waals surface area contributed by atoms with E-state index in [0.717, 1.165) is 66.8 Å². The van der Waals surface area contributed by atoms with Crippen LogP contribution in [0.4, 0.5) is 5.00 Å². The first-order chi connectivity index (χ1) is 13.8. The predicted octanol–water partition coefficient (Wildman–Crippen LogP) is 6.32. The second-order valence-corrected chi connectivity index (χ2v) is 12.4. The van der Waals surface area contributed by atoms with Gasteiger partial charge in [-0.3, -0.25) is 4.79 Å². The van der Waals surface area contributed by atoms with Crippen LogP contribution in [0.25, 0.3) is 0 Å². The summed E-state index contributed by atoms with van der Waals surface area (Å²) in [5.41, 5.74) is 2.16. The van der Waals surface area contributed by atoms with Crippen LogP contribution in [0, 0.1) is 45.8 Å². The van der Waals surface area contributed by atoms with Crippen molar-refractivity contribution in [2.75, 3.05) is 5.32 Å². The fraction of sp³-hybridized carbons (Fsp3) is 0.760. The van der Waals surface area contributed by atoms with E-state index in [1.807, 2.05) is 0 Å². The van der Waals surface area contributed by atoms with Crippen molar-refractivity contribution in [1.82, 2.24) is 0 Å². The third-order valence-corrected chi connectivity index (χ3v) is 10.3.